The van der Waals surface area contributed by atoms with Gasteiger partial charge in [-0.15, -0.1) is 0 Å². The molecule has 0 fully saturated rings. The summed E-state index contributed by atoms with van der Waals surface area (Å²) >= 11 is 0. The zero-order chi connectivity index (χ0) is 31.5. The molecule has 0 heterocycles. The Morgan fingerprint density at radius 3 is 1.55 bits per heavy atom. The maximum absolute atomic E-state index is 14.3. The van der Waals surface area contributed by atoms with Gasteiger partial charge in [0, 0.05) is 0 Å². The second-order valence-electron chi connectivity index (χ2n) is 7.27. The van der Waals surface area contributed by atoms with Crippen LogP contribution in [-0.4, -0.2) is 60.6 Å². The van der Waals surface area contributed by atoms with Crippen molar-refractivity contribution in [2.45, 2.75) is 37.0 Å². The highest BCUT2D eigenvalue weighted by molar-refractivity contribution is 8.05. The molecule has 0 aliphatic rings. The van der Waals surface area contributed by atoms with E-state index in [1.807, 2.05) is 0 Å². The second-order valence-corrected chi connectivity index (χ2v) is 14.3. The number of rotatable bonds is 10. The fourth-order valence-electron chi connectivity index (χ4n) is 2.65. The molecule has 0 saturated heterocycles. The average Bonchev–Trinajstić information content (AvgIpc) is 2.78. The van der Waals surface area contributed by atoms with E-state index < -0.39 is 94.7 Å². The van der Waals surface area contributed by atoms with Crippen LogP contribution < -0.4 is 4.13 Å². The van der Waals surface area contributed by atoms with Crippen LogP contribution in [0.15, 0.2) is 57.2 Å². The summed E-state index contributed by atoms with van der Waals surface area (Å²) in [6.45, 7) is 0. The summed E-state index contributed by atoms with van der Waals surface area (Å²) in [5.74, 6) is -20.5. The number of hydrogen-bond donors (Lipinski definition) is 2. The lowest BCUT2D eigenvalue weighted by atomic mass is 10.2. The summed E-state index contributed by atoms with van der Waals surface area (Å²) in [6.07, 6.45) is 0. The third kappa shape index (κ3) is 5.15. The summed E-state index contributed by atoms with van der Waals surface area (Å²) in [4.78, 5) is -6.43. The van der Waals surface area contributed by atoms with Gasteiger partial charge in [-0.2, -0.15) is 43.5 Å². The van der Waals surface area contributed by atoms with Gasteiger partial charge in [-0.05, 0) is 30.3 Å². The quantitative estimate of drug-likeness (QED) is 0.284. The van der Waals surface area contributed by atoms with Crippen LogP contribution in [0.4, 0.5) is 43.9 Å². The van der Waals surface area contributed by atoms with Gasteiger partial charge in [0.25, 0.3) is 40.0 Å². The average molecular weight is 677 g/mol. The SMILES string of the molecule is O=S(=O)(O)c1ccccc1S(=O)(=O)NS(=O)(=O)C(F)(F)C(F)(F)C(F)(F)C(F)(F)S(=O)(=O)c1cc(F)ccc1F. The minimum Gasteiger partial charge on any atom is -0.282 e. The fraction of sp³-hybridized carbons (Fsp3) is 0.250. The van der Waals surface area contributed by atoms with Crippen molar-refractivity contribution in [3.05, 3.63) is 54.1 Å². The van der Waals surface area contributed by atoms with Crippen LogP contribution in [0, 0.1) is 11.6 Å². The molecule has 2 N–H and O–H groups in total. The molecule has 2 aromatic carbocycles. The minimum absolute atomic E-state index is 0.0479. The van der Waals surface area contributed by atoms with E-state index in [1.165, 1.54) is 0 Å². The first-order chi connectivity index (χ1) is 17.6. The number of sulfonamides is 2. The van der Waals surface area contributed by atoms with Gasteiger partial charge in [0.2, 0.25) is 0 Å². The maximum Gasteiger partial charge on any atom is 0.428 e. The highest BCUT2D eigenvalue weighted by Gasteiger charge is 2.87. The second kappa shape index (κ2) is 9.78. The lowest BCUT2D eigenvalue weighted by molar-refractivity contribution is -0.325. The van der Waals surface area contributed by atoms with E-state index in [0.717, 1.165) is 0 Å². The molecule has 0 aromatic heterocycles. The zero-order valence-electron chi connectivity index (χ0n) is 18.2. The molecule has 40 heavy (non-hydrogen) atoms. The monoisotopic (exact) mass is 677 g/mol. The molecule has 0 amide bonds. The molecule has 0 unspecified atom stereocenters. The molecular weight excluding hydrogens is 668 g/mol. The number of halogens is 10. The number of alkyl halides is 8. The van der Waals surface area contributed by atoms with Crippen molar-refractivity contribution in [2.75, 3.05) is 0 Å². The molecule has 24 heteroatoms. The summed E-state index contributed by atoms with van der Waals surface area (Å²) in [7, 11) is -27.5. The molecule has 2 rings (SSSR count). The van der Waals surface area contributed by atoms with E-state index in [2.05, 4.69) is 0 Å². The molecule has 0 aliphatic carbocycles. The van der Waals surface area contributed by atoms with Gasteiger partial charge in [0.05, 0.1) is 0 Å². The van der Waals surface area contributed by atoms with E-state index >= 15 is 0 Å². The normalized spacial score (nSPS) is 14.8. The molecule has 0 aliphatic heterocycles. The first kappa shape index (κ1) is 33.7. The summed E-state index contributed by atoms with van der Waals surface area (Å²) in [6, 6.07) is 0.605. The van der Waals surface area contributed by atoms with Crippen molar-refractivity contribution in [3.63, 3.8) is 0 Å². The zero-order valence-corrected chi connectivity index (χ0v) is 21.4. The Morgan fingerprint density at radius 1 is 0.625 bits per heavy atom. The Balaban J connectivity index is 2.69. The van der Waals surface area contributed by atoms with Crippen molar-refractivity contribution in [1.29, 1.82) is 0 Å². The van der Waals surface area contributed by atoms with Crippen molar-refractivity contribution < 1.29 is 82.1 Å². The van der Waals surface area contributed by atoms with Crippen molar-refractivity contribution in [2.24, 2.45) is 0 Å². The number of nitrogens with one attached hydrogen (secondary N) is 1. The largest absolute Gasteiger partial charge is 0.428 e. The van der Waals surface area contributed by atoms with Crippen LogP contribution in [0.1, 0.15) is 0 Å². The standard InChI is InChI=1S/C16H9F10NO9S4/c17-8-5-6-9(18)12(7-8)37(28,29)15(23,24)13(19,20)14(21,22)16(25,26)40(35,36)27-38(30,31)10-3-1-2-4-11(10)39(32,33)34/h1-7,27H,(H,32,33,34). The van der Waals surface area contributed by atoms with Crippen LogP contribution in [0.2, 0.25) is 0 Å². The van der Waals surface area contributed by atoms with E-state index in [9.17, 15) is 77.6 Å². The molecule has 0 radical (unpaired) electrons. The number of benzene rings is 2. The van der Waals surface area contributed by atoms with E-state index in [0.29, 0.717) is 12.1 Å². The van der Waals surface area contributed by atoms with Gasteiger partial charge >= 0.3 is 22.4 Å². The summed E-state index contributed by atoms with van der Waals surface area (Å²) < 4.78 is 244. The fourth-order valence-corrected chi connectivity index (χ4v) is 8.19. The van der Waals surface area contributed by atoms with Gasteiger partial charge < -0.3 is 0 Å². The third-order valence-corrected chi connectivity index (χ3v) is 11.1. The molecule has 0 saturated carbocycles. The minimum atomic E-state index is -8.07. The van der Waals surface area contributed by atoms with Gasteiger partial charge in [-0.1, -0.05) is 16.3 Å². The van der Waals surface area contributed by atoms with E-state index in [4.69, 9.17) is 4.55 Å². The Morgan fingerprint density at radius 2 is 1.07 bits per heavy atom. The Bertz CT molecular complexity index is 1780. The first-order valence-electron chi connectivity index (χ1n) is 9.15. The predicted octanol–water partition coefficient (Wildman–Crippen LogP) is 2.75. The van der Waals surface area contributed by atoms with Crippen molar-refractivity contribution >= 4 is 40.0 Å². The van der Waals surface area contributed by atoms with Crippen LogP contribution in [0.5, 0.6) is 0 Å². The molecule has 2 aromatic rings. The highest BCUT2D eigenvalue weighted by Crippen LogP contribution is 2.56. The molecule has 226 valence electrons. The first-order valence-corrected chi connectivity index (χ1v) is 15.0. The third-order valence-electron chi connectivity index (χ3n) is 4.62. The molecule has 0 bridgehead atoms. The molecule has 0 atom stereocenters. The summed E-state index contributed by atoms with van der Waals surface area (Å²) in [5.41, 5.74) is 0. The Hall–Kier alpha value is -2.54. The topological polar surface area (TPSA) is 169 Å². The predicted molar refractivity (Wildman–Crippen MR) is 109 cm³/mol. The van der Waals surface area contributed by atoms with Crippen LogP contribution in [0.25, 0.3) is 0 Å². The Labute approximate surface area is 217 Å². The van der Waals surface area contributed by atoms with Crippen LogP contribution >= 0.6 is 0 Å². The molecule has 0 spiro atoms. The van der Waals surface area contributed by atoms with Crippen molar-refractivity contribution in [3.8, 4) is 0 Å². The molecule has 10 nitrogen and oxygen atoms in total. The van der Waals surface area contributed by atoms with Gasteiger partial charge in [0.15, 0.2) is 0 Å². The maximum atomic E-state index is 14.3. The van der Waals surface area contributed by atoms with Gasteiger partial charge in [0.1, 0.15) is 26.3 Å². The summed E-state index contributed by atoms with van der Waals surface area (Å²) in [5, 5.41) is -15.2. The lowest BCUT2D eigenvalue weighted by Gasteiger charge is -2.35. The number of hydrogen-bond acceptors (Lipinski definition) is 8. The number of sulfone groups is 1. The van der Waals surface area contributed by atoms with Crippen LogP contribution in [0.3, 0.4) is 0 Å². The van der Waals surface area contributed by atoms with Crippen LogP contribution in [-0.2, 0) is 40.0 Å². The van der Waals surface area contributed by atoms with E-state index in [1.54, 1.807) is 0 Å². The van der Waals surface area contributed by atoms with Crippen molar-refractivity contribution in [1.82, 2.24) is 4.13 Å². The molecular formula is C16H9F10NO9S4. The van der Waals surface area contributed by atoms with E-state index in [-0.39, 0.29) is 28.4 Å². The Kier molecular flexibility index (Phi) is 8.23. The van der Waals surface area contributed by atoms with Gasteiger partial charge in [-0.3, -0.25) is 4.55 Å². The van der Waals surface area contributed by atoms with Gasteiger partial charge in [-0.25, -0.2) is 34.0 Å². The highest BCUT2D eigenvalue weighted by atomic mass is 32.3. The lowest BCUT2D eigenvalue weighted by Crippen LogP contribution is -2.67. The smallest absolute Gasteiger partial charge is 0.282 e.